The molecule has 0 spiro atoms. The van der Waals surface area contributed by atoms with E-state index in [9.17, 15) is 14.7 Å². The number of ketones is 1. The molecular weight excluding hydrogens is 400 g/mol. The number of nitrogens with zero attached hydrogens (tertiary/aromatic N) is 4. The highest BCUT2D eigenvalue weighted by molar-refractivity contribution is 7.09. The Morgan fingerprint density at radius 2 is 1.93 bits per heavy atom. The molecule has 1 N–H and O–H groups in total. The Morgan fingerprint density at radius 3 is 2.53 bits per heavy atom. The molecule has 8 heteroatoms. The van der Waals surface area contributed by atoms with Crippen LogP contribution in [0.25, 0.3) is 5.76 Å². The first-order valence-electron chi connectivity index (χ1n) is 9.32. The van der Waals surface area contributed by atoms with Crippen LogP contribution in [0.15, 0.2) is 65.9 Å². The quantitative estimate of drug-likeness (QED) is 0.387. The molecule has 1 atom stereocenters. The number of carbonyl (C=O) groups is 2. The lowest BCUT2D eigenvalue weighted by molar-refractivity contribution is -0.140. The van der Waals surface area contributed by atoms with Gasteiger partial charge < -0.3 is 14.9 Å². The Balaban J connectivity index is 1.85. The normalized spacial score (nSPS) is 18.1. The van der Waals surface area contributed by atoms with E-state index in [1.54, 1.807) is 0 Å². The second-order valence-corrected chi connectivity index (χ2v) is 8.12. The average molecular weight is 420 g/mol. The van der Waals surface area contributed by atoms with Gasteiger partial charge in [0.25, 0.3) is 11.7 Å². The summed E-state index contributed by atoms with van der Waals surface area (Å²) in [7, 11) is 3.87. The van der Waals surface area contributed by atoms with E-state index in [4.69, 9.17) is 0 Å². The zero-order valence-electron chi connectivity index (χ0n) is 16.5. The summed E-state index contributed by atoms with van der Waals surface area (Å²) >= 11 is 1.51. The van der Waals surface area contributed by atoms with E-state index in [0.29, 0.717) is 0 Å². The number of thiophene rings is 1. The van der Waals surface area contributed by atoms with E-state index in [2.05, 4.69) is 9.97 Å². The van der Waals surface area contributed by atoms with Crippen LogP contribution in [0.3, 0.4) is 0 Å². The Bertz CT molecular complexity index is 1090. The van der Waals surface area contributed by atoms with Crippen LogP contribution in [-0.2, 0) is 16.1 Å². The lowest BCUT2D eigenvalue weighted by Crippen LogP contribution is -2.28. The predicted octanol–water partition coefficient (Wildman–Crippen LogP) is 3.23. The Labute approximate surface area is 177 Å². The first-order valence-corrected chi connectivity index (χ1v) is 10.2. The second kappa shape index (κ2) is 8.08. The summed E-state index contributed by atoms with van der Waals surface area (Å²) in [6.07, 6.45) is 4.27. The molecule has 0 saturated carbocycles. The van der Waals surface area contributed by atoms with Gasteiger partial charge >= 0.3 is 0 Å². The van der Waals surface area contributed by atoms with Crippen LogP contribution >= 0.6 is 11.3 Å². The van der Waals surface area contributed by atoms with Crippen molar-refractivity contribution >= 4 is 34.5 Å². The van der Waals surface area contributed by atoms with Gasteiger partial charge in [0.15, 0.2) is 5.76 Å². The van der Waals surface area contributed by atoms with Crippen LogP contribution in [-0.4, -0.2) is 45.8 Å². The monoisotopic (exact) mass is 420 g/mol. The van der Waals surface area contributed by atoms with Crippen LogP contribution < -0.4 is 4.90 Å². The van der Waals surface area contributed by atoms with Gasteiger partial charge in [-0.3, -0.25) is 14.6 Å². The number of Topliss-reactive ketones (excluding diaryl/α,β-unsaturated/α-hetero) is 1. The highest BCUT2D eigenvalue weighted by Gasteiger charge is 2.46. The van der Waals surface area contributed by atoms with Crippen molar-refractivity contribution in [1.29, 1.82) is 0 Å². The molecule has 1 fully saturated rings. The first-order chi connectivity index (χ1) is 14.5. The lowest BCUT2D eigenvalue weighted by Gasteiger charge is -2.25. The molecule has 1 aliphatic rings. The van der Waals surface area contributed by atoms with E-state index in [1.165, 1.54) is 34.8 Å². The van der Waals surface area contributed by atoms with Crippen LogP contribution in [0, 0.1) is 0 Å². The fourth-order valence-electron chi connectivity index (χ4n) is 3.47. The summed E-state index contributed by atoms with van der Waals surface area (Å²) in [5, 5.41) is 12.8. The minimum absolute atomic E-state index is 0.0228. The van der Waals surface area contributed by atoms with Gasteiger partial charge in [-0.05, 0) is 29.1 Å². The van der Waals surface area contributed by atoms with Gasteiger partial charge in [0.05, 0.1) is 24.4 Å². The smallest absolute Gasteiger partial charge is 0.295 e. The van der Waals surface area contributed by atoms with Crippen molar-refractivity contribution in [1.82, 2.24) is 14.9 Å². The number of benzene rings is 1. The molecule has 4 rings (SSSR count). The highest BCUT2D eigenvalue weighted by Crippen LogP contribution is 2.40. The lowest BCUT2D eigenvalue weighted by atomic mass is 9.96. The maximum absolute atomic E-state index is 13.0. The average Bonchev–Trinajstić information content (AvgIpc) is 3.36. The molecule has 30 heavy (non-hydrogen) atoms. The number of hydrogen-bond donors (Lipinski definition) is 1. The van der Waals surface area contributed by atoms with E-state index in [0.717, 1.165) is 16.1 Å². The summed E-state index contributed by atoms with van der Waals surface area (Å²) < 4.78 is 0. The van der Waals surface area contributed by atoms with Gasteiger partial charge in [0.1, 0.15) is 5.69 Å². The van der Waals surface area contributed by atoms with Crippen molar-refractivity contribution in [2.24, 2.45) is 0 Å². The molecule has 1 amide bonds. The number of aromatic nitrogens is 2. The topological polar surface area (TPSA) is 86.6 Å². The van der Waals surface area contributed by atoms with Crippen molar-refractivity contribution in [2.75, 3.05) is 19.0 Å². The summed E-state index contributed by atoms with van der Waals surface area (Å²) in [5.41, 5.74) is 1.90. The standard InChI is InChI=1S/C22H20N4O3S/c1-25(2)15-7-5-14(6-8-15)19-18(20(27)17-12-23-9-10-24-17)21(28)22(29)26(19)13-16-4-3-11-30-16/h3-12,19,27H,13H2,1-2H3/b20-18+. The fraction of sp³-hybridized carbons (Fsp3) is 0.182. The second-order valence-electron chi connectivity index (χ2n) is 7.08. The Morgan fingerprint density at radius 1 is 1.17 bits per heavy atom. The maximum Gasteiger partial charge on any atom is 0.295 e. The zero-order valence-corrected chi connectivity index (χ0v) is 17.3. The molecule has 7 nitrogen and oxygen atoms in total. The molecule has 2 aromatic heterocycles. The van der Waals surface area contributed by atoms with Crippen molar-refractivity contribution in [2.45, 2.75) is 12.6 Å². The van der Waals surface area contributed by atoms with Crippen LogP contribution in [0.4, 0.5) is 5.69 Å². The fourth-order valence-corrected chi connectivity index (χ4v) is 4.18. The van der Waals surface area contributed by atoms with Gasteiger partial charge in [-0.2, -0.15) is 0 Å². The highest BCUT2D eigenvalue weighted by atomic mass is 32.1. The molecule has 3 heterocycles. The molecule has 0 bridgehead atoms. The van der Waals surface area contributed by atoms with Crippen molar-refractivity contribution < 1.29 is 14.7 Å². The van der Waals surface area contributed by atoms with E-state index >= 15 is 0 Å². The number of aliphatic hydroxyl groups is 1. The molecule has 0 radical (unpaired) electrons. The van der Waals surface area contributed by atoms with Crippen LogP contribution in [0.5, 0.6) is 0 Å². The van der Waals surface area contributed by atoms with E-state index in [1.807, 2.05) is 60.8 Å². The zero-order chi connectivity index (χ0) is 21.3. The number of amides is 1. The van der Waals surface area contributed by atoms with Crippen molar-refractivity contribution in [3.63, 3.8) is 0 Å². The third-order valence-electron chi connectivity index (χ3n) is 4.98. The summed E-state index contributed by atoms with van der Waals surface area (Å²) in [6.45, 7) is 0.277. The summed E-state index contributed by atoms with van der Waals surface area (Å²) in [6, 6.07) is 10.7. The minimum atomic E-state index is -0.726. The first kappa shape index (κ1) is 19.8. The third kappa shape index (κ3) is 3.57. The van der Waals surface area contributed by atoms with Crippen LogP contribution in [0.1, 0.15) is 22.2 Å². The number of rotatable bonds is 5. The van der Waals surface area contributed by atoms with E-state index < -0.39 is 17.7 Å². The van der Waals surface area contributed by atoms with Crippen LogP contribution in [0.2, 0.25) is 0 Å². The van der Waals surface area contributed by atoms with Gasteiger partial charge in [0.2, 0.25) is 0 Å². The summed E-state index contributed by atoms with van der Waals surface area (Å²) in [5.74, 6) is -1.69. The SMILES string of the molecule is CN(C)c1ccc(C2/C(=C(\O)c3cnccn3)C(=O)C(=O)N2Cc2cccs2)cc1. The maximum atomic E-state index is 13.0. The Hall–Kier alpha value is -3.52. The number of aliphatic hydroxyl groups excluding tert-OH is 1. The molecule has 0 aliphatic carbocycles. The molecule has 1 unspecified atom stereocenters. The Kier molecular flexibility index (Phi) is 5.33. The van der Waals surface area contributed by atoms with E-state index in [-0.39, 0.29) is 23.6 Å². The minimum Gasteiger partial charge on any atom is -0.505 e. The number of anilines is 1. The van der Waals surface area contributed by atoms with Crippen molar-refractivity contribution in [3.8, 4) is 0 Å². The molecule has 1 aromatic carbocycles. The number of likely N-dealkylation sites (tertiary alicyclic amines) is 1. The molecule has 3 aromatic rings. The molecule has 1 aliphatic heterocycles. The van der Waals surface area contributed by atoms with Gasteiger partial charge in [-0.25, -0.2) is 4.98 Å². The van der Waals surface area contributed by atoms with Gasteiger partial charge in [-0.15, -0.1) is 11.3 Å². The molecule has 152 valence electrons. The number of carbonyl (C=O) groups excluding carboxylic acids is 2. The van der Waals surface area contributed by atoms with Gasteiger partial charge in [-0.1, -0.05) is 18.2 Å². The number of hydrogen-bond acceptors (Lipinski definition) is 7. The van der Waals surface area contributed by atoms with Gasteiger partial charge in [0, 0.05) is 37.1 Å². The molecule has 1 saturated heterocycles. The summed E-state index contributed by atoms with van der Waals surface area (Å²) in [4.78, 5) is 38.4. The largest absolute Gasteiger partial charge is 0.505 e. The molecular formula is C22H20N4O3S. The van der Waals surface area contributed by atoms with Crippen molar-refractivity contribution in [3.05, 3.63) is 82.1 Å². The predicted molar refractivity (Wildman–Crippen MR) is 115 cm³/mol. The third-order valence-corrected chi connectivity index (χ3v) is 5.84.